The van der Waals surface area contributed by atoms with Gasteiger partial charge in [0.15, 0.2) is 5.84 Å². The largest absolute Gasteiger partial charge is 0.495 e. The summed E-state index contributed by atoms with van der Waals surface area (Å²) in [7, 11) is 1.35. The van der Waals surface area contributed by atoms with Gasteiger partial charge in [0.05, 0.1) is 24.2 Å². The molecule has 0 fully saturated rings. The highest BCUT2D eigenvalue weighted by Crippen LogP contribution is 2.35. The Kier molecular flexibility index (Phi) is 3.54. The minimum Gasteiger partial charge on any atom is -0.495 e. The number of aliphatic imine (C=N–C) groups is 1. The van der Waals surface area contributed by atoms with Gasteiger partial charge in [-0.2, -0.15) is 18.3 Å². The van der Waals surface area contributed by atoms with Crippen LogP contribution >= 0.6 is 0 Å². The normalized spacial score (nSPS) is 20.3. The lowest BCUT2D eigenvalue weighted by molar-refractivity contribution is -0.131. The zero-order chi connectivity index (χ0) is 15.8. The highest BCUT2D eigenvalue weighted by atomic mass is 19.4. The van der Waals surface area contributed by atoms with Crippen LogP contribution in [0.4, 0.5) is 30.2 Å². The molecular formula is C11H11F3N6O. The molecule has 0 radical (unpaired) electrons. The van der Waals surface area contributed by atoms with Gasteiger partial charge in [0.1, 0.15) is 11.5 Å². The molecule has 1 atom stereocenters. The Morgan fingerprint density at radius 1 is 1.29 bits per heavy atom. The Morgan fingerprint density at radius 3 is 2.52 bits per heavy atom. The Bertz CT molecular complexity index is 652. The van der Waals surface area contributed by atoms with Gasteiger partial charge in [-0.15, -0.1) is 5.11 Å². The van der Waals surface area contributed by atoms with Crippen molar-refractivity contribution in [2.45, 2.75) is 12.2 Å². The number of azo groups is 1. The van der Waals surface area contributed by atoms with Crippen molar-refractivity contribution in [1.82, 2.24) is 0 Å². The zero-order valence-corrected chi connectivity index (χ0v) is 10.8. The van der Waals surface area contributed by atoms with Crippen molar-refractivity contribution >= 4 is 28.6 Å². The molecular weight excluding hydrogens is 289 g/mol. The van der Waals surface area contributed by atoms with Gasteiger partial charge in [-0.1, -0.05) is 0 Å². The van der Waals surface area contributed by atoms with E-state index in [0.717, 1.165) is 0 Å². The highest BCUT2D eigenvalue weighted by Gasteiger charge is 2.48. The van der Waals surface area contributed by atoms with Gasteiger partial charge in [0.2, 0.25) is 6.04 Å². The Hall–Kier alpha value is -2.65. The van der Waals surface area contributed by atoms with Crippen LogP contribution in [0.25, 0.3) is 0 Å². The number of rotatable bonds is 2. The van der Waals surface area contributed by atoms with Crippen LogP contribution in [0, 0.1) is 5.41 Å². The molecule has 1 aromatic rings. The fourth-order valence-electron chi connectivity index (χ4n) is 1.69. The van der Waals surface area contributed by atoms with E-state index in [1.54, 1.807) is 0 Å². The van der Waals surface area contributed by atoms with Gasteiger partial charge in [-0.3, -0.25) is 5.41 Å². The van der Waals surface area contributed by atoms with Gasteiger partial charge in [-0.25, -0.2) is 4.99 Å². The maximum Gasteiger partial charge on any atom is 0.418 e. The van der Waals surface area contributed by atoms with Crippen LogP contribution in [0.5, 0.6) is 5.75 Å². The summed E-state index contributed by atoms with van der Waals surface area (Å²) in [5.41, 5.74) is 10.9. The second-order valence-corrected chi connectivity index (χ2v) is 4.16. The summed E-state index contributed by atoms with van der Waals surface area (Å²) in [5, 5.41) is 13.5. The maximum absolute atomic E-state index is 12.8. The van der Waals surface area contributed by atoms with Gasteiger partial charge in [0, 0.05) is 6.07 Å². The summed E-state index contributed by atoms with van der Waals surface area (Å²) in [6.07, 6.45) is -4.68. The van der Waals surface area contributed by atoms with Gasteiger partial charge >= 0.3 is 6.18 Å². The number of nitrogens with one attached hydrogen (secondary N) is 1. The monoisotopic (exact) mass is 300 g/mol. The number of hydrogen-bond acceptors (Lipinski definition) is 6. The zero-order valence-electron chi connectivity index (χ0n) is 10.8. The van der Waals surface area contributed by atoms with Crippen molar-refractivity contribution in [2.24, 2.45) is 15.2 Å². The van der Waals surface area contributed by atoms with E-state index in [0.29, 0.717) is 0 Å². The molecule has 7 nitrogen and oxygen atoms in total. The first kappa shape index (κ1) is 14.8. The molecule has 2 rings (SSSR count). The number of halogens is 3. The smallest absolute Gasteiger partial charge is 0.418 e. The second-order valence-electron chi connectivity index (χ2n) is 4.16. The van der Waals surface area contributed by atoms with Crippen LogP contribution < -0.4 is 16.2 Å². The number of alkyl halides is 3. The third-order valence-corrected chi connectivity index (χ3v) is 2.70. The first-order valence-electron chi connectivity index (χ1n) is 5.62. The number of benzene rings is 1. The fraction of sp³-hybridized carbons (Fsp3) is 0.273. The number of anilines is 2. The summed E-state index contributed by atoms with van der Waals surface area (Å²) in [4.78, 5) is 3.76. The van der Waals surface area contributed by atoms with Crippen LogP contribution in [0.2, 0.25) is 0 Å². The highest BCUT2D eigenvalue weighted by molar-refractivity contribution is 6.44. The van der Waals surface area contributed by atoms with Crippen molar-refractivity contribution in [3.8, 4) is 5.75 Å². The number of nitrogens with zero attached hydrogens (tertiary/aromatic N) is 3. The lowest BCUT2D eigenvalue weighted by Gasteiger charge is -2.12. The first-order valence-corrected chi connectivity index (χ1v) is 5.62. The maximum atomic E-state index is 12.8. The molecule has 1 aliphatic heterocycles. The number of nitrogen functional groups attached to an aromatic ring is 2. The second kappa shape index (κ2) is 5.04. The minimum absolute atomic E-state index is 0.00218. The molecule has 1 unspecified atom stereocenters. The Balaban J connectivity index is 2.50. The van der Waals surface area contributed by atoms with Crippen LogP contribution in [-0.4, -0.2) is 30.9 Å². The molecule has 1 aliphatic rings. The summed E-state index contributed by atoms with van der Waals surface area (Å²) >= 11 is 0. The van der Waals surface area contributed by atoms with E-state index in [2.05, 4.69) is 15.2 Å². The SMILES string of the molecule is COc1cc(N=C2C(=N)N=NC2C(F)(F)F)c(N)cc1N. The van der Waals surface area contributed by atoms with E-state index in [-0.39, 0.29) is 22.8 Å². The molecule has 0 aromatic heterocycles. The summed E-state index contributed by atoms with van der Waals surface area (Å²) in [6.45, 7) is 0. The van der Waals surface area contributed by atoms with Crippen LogP contribution in [0.3, 0.4) is 0 Å². The number of nitrogens with two attached hydrogens (primary N) is 2. The number of amidine groups is 1. The average molecular weight is 300 g/mol. The lowest BCUT2D eigenvalue weighted by Crippen LogP contribution is -2.34. The molecule has 0 aliphatic carbocycles. The standard InChI is InChI=1S/C11H11F3N6O/c1-21-7-3-6(4(15)2-5(7)16)18-8-9(11(12,13)14)19-20-10(8)17/h2-3,9,17H,15-16H2,1H3. The number of ether oxygens (including phenoxy) is 1. The third-order valence-electron chi connectivity index (χ3n) is 2.70. The summed E-state index contributed by atoms with van der Waals surface area (Å²) in [6, 6.07) is 0.331. The van der Waals surface area contributed by atoms with Crippen molar-refractivity contribution < 1.29 is 17.9 Å². The van der Waals surface area contributed by atoms with Crippen molar-refractivity contribution in [3.05, 3.63) is 12.1 Å². The molecule has 0 saturated heterocycles. The molecule has 1 heterocycles. The van der Waals surface area contributed by atoms with Crippen molar-refractivity contribution in [1.29, 1.82) is 5.41 Å². The molecule has 1 aromatic carbocycles. The fourth-order valence-corrected chi connectivity index (χ4v) is 1.69. The van der Waals surface area contributed by atoms with E-state index in [9.17, 15) is 13.2 Å². The van der Waals surface area contributed by atoms with Crippen LogP contribution in [0.15, 0.2) is 27.4 Å². The quantitative estimate of drug-likeness (QED) is 0.726. The van der Waals surface area contributed by atoms with E-state index < -0.39 is 23.8 Å². The molecule has 0 spiro atoms. The van der Waals surface area contributed by atoms with E-state index in [1.165, 1.54) is 19.2 Å². The molecule has 0 amide bonds. The van der Waals surface area contributed by atoms with Crippen LogP contribution in [0.1, 0.15) is 0 Å². The van der Waals surface area contributed by atoms with Gasteiger partial charge in [-0.05, 0) is 6.07 Å². The molecule has 5 N–H and O–H groups in total. The van der Waals surface area contributed by atoms with Gasteiger partial charge in [0.25, 0.3) is 0 Å². The average Bonchev–Trinajstić information content (AvgIpc) is 2.74. The first-order chi connectivity index (χ1) is 9.74. The van der Waals surface area contributed by atoms with Gasteiger partial charge < -0.3 is 16.2 Å². The predicted molar refractivity (Wildman–Crippen MR) is 71.3 cm³/mol. The topological polar surface area (TPSA) is 122 Å². The number of hydrogen-bond donors (Lipinski definition) is 3. The van der Waals surface area contributed by atoms with E-state index >= 15 is 0 Å². The lowest BCUT2D eigenvalue weighted by atomic mass is 10.1. The summed E-state index contributed by atoms with van der Waals surface area (Å²) in [5.74, 6) is -0.446. The molecule has 112 valence electrons. The summed E-state index contributed by atoms with van der Waals surface area (Å²) < 4.78 is 43.3. The van der Waals surface area contributed by atoms with Crippen LogP contribution in [-0.2, 0) is 0 Å². The van der Waals surface area contributed by atoms with E-state index in [4.69, 9.17) is 21.6 Å². The third kappa shape index (κ3) is 2.78. The van der Waals surface area contributed by atoms with E-state index in [1.807, 2.05) is 0 Å². The Labute approximate surface area is 117 Å². The number of methoxy groups -OCH3 is 1. The Morgan fingerprint density at radius 2 is 1.95 bits per heavy atom. The predicted octanol–water partition coefficient (Wildman–Crippen LogP) is 2.31. The van der Waals surface area contributed by atoms with Crippen molar-refractivity contribution in [3.63, 3.8) is 0 Å². The molecule has 0 bridgehead atoms. The molecule has 10 heteroatoms. The van der Waals surface area contributed by atoms with Crippen molar-refractivity contribution in [2.75, 3.05) is 18.6 Å². The minimum atomic E-state index is -4.68. The molecule has 0 saturated carbocycles. The molecule has 21 heavy (non-hydrogen) atoms.